The van der Waals surface area contributed by atoms with E-state index in [9.17, 15) is 4.79 Å². The van der Waals surface area contributed by atoms with Crippen LogP contribution in [-0.2, 0) is 11.3 Å². The van der Waals surface area contributed by atoms with Gasteiger partial charge in [0.1, 0.15) is 11.5 Å². The minimum absolute atomic E-state index is 0.0513. The zero-order chi connectivity index (χ0) is 19.2. The Hall–Kier alpha value is -2.79. The summed E-state index contributed by atoms with van der Waals surface area (Å²) in [7, 11) is 0. The molecule has 1 fully saturated rings. The Balaban J connectivity index is 1.16. The normalized spacial score (nSPS) is 15.6. The van der Waals surface area contributed by atoms with Gasteiger partial charge in [-0.1, -0.05) is 30.3 Å². The van der Waals surface area contributed by atoms with Gasteiger partial charge in [-0.3, -0.25) is 9.69 Å². The van der Waals surface area contributed by atoms with Crippen LogP contribution >= 0.6 is 0 Å². The molecule has 2 aromatic carbocycles. The zero-order valence-electron chi connectivity index (χ0n) is 16.0. The van der Waals surface area contributed by atoms with Crippen molar-refractivity contribution in [1.29, 1.82) is 0 Å². The second kappa shape index (κ2) is 8.93. The average molecular weight is 378 g/mol. The van der Waals surface area contributed by atoms with E-state index in [0.29, 0.717) is 12.5 Å². The summed E-state index contributed by atoms with van der Waals surface area (Å²) in [6.07, 6.45) is 3.90. The number of amides is 1. The lowest BCUT2D eigenvalue weighted by Gasteiger charge is -2.31. The van der Waals surface area contributed by atoms with Gasteiger partial charge in [-0.2, -0.15) is 0 Å². The van der Waals surface area contributed by atoms with Crippen LogP contribution in [0.2, 0.25) is 0 Å². The van der Waals surface area contributed by atoms with E-state index in [1.165, 1.54) is 0 Å². The van der Waals surface area contributed by atoms with Crippen LogP contribution in [-0.4, -0.2) is 37.0 Å². The molecule has 0 unspecified atom stereocenters. The van der Waals surface area contributed by atoms with Gasteiger partial charge in [-0.15, -0.1) is 0 Å². The SMILES string of the molecule is O=C(COc1ccc2ccccc2c1)NCC1CCN(Cc2ccco2)CC1. The maximum Gasteiger partial charge on any atom is 0.257 e. The molecule has 3 aromatic rings. The molecule has 0 spiro atoms. The number of benzene rings is 2. The molecule has 1 saturated heterocycles. The number of fused-ring (bicyclic) bond motifs is 1. The fourth-order valence-corrected chi connectivity index (χ4v) is 3.69. The van der Waals surface area contributed by atoms with Gasteiger partial charge in [0.2, 0.25) is 0 Å². The van der Waals surface area contributed by atoms with Gasteiger partial charge in [-0.05, 0) is 66.9 Å². The molecule has 4 rings (SSSR count). The first-order valence-corrected chi connectivity index (χ1v) is 9.89. The topological polar surface area (TPSA) is 54.7 Å². The van der Waals surface area contributed by atoms with Gasteiger partial charge in [0.25, 0.3) is 5.91 Å². The highest BCUT2D eigenvalue weighted by Crippen LogP contribution is 2.21. The van der Waals surface area contributed by atoms with Crippen molar-refractivity contribution in [3.8, 4) is 5.75 Å². The quantitative estimate of drug-likeness (QED) is 0.679. The van der Waals surface area contributed by atoms with E-state index in [4.69, 9.17) is 9.15 Å². The summed E-state index contributed by atoms with van der Waals surface area (Å²) < 4.78 is 11.1. The highest BCUT2D eigenvalue weighted by Gasteiger charge is 2.20. The van der Waals surface area contributed by atoms with Crippen LogP contribution in [0.25, 0.3) is 10.8 Å². The van der Waals surface area contributed by atoms with Crippen molar-refractivity contribution in [1.82, 2.24) is 10.2 Å². The Morgan fingerprint density at radius 2 is 1.89 bits per heavy atom. The molecule has 2 heterocycles. The van der Waals surface area contributed by atoms with Gasteiger partial charge in [0.15, 0.2) is 6.61 Å². The Bertz CT molecular complexity index is 899. The van der Waals surface area contributed by atoms with Crippen molar-refractivity contribution in [2.24, 2.45) is 5.92 Å². The molecular formula is C23H26N2O3. The second-order valence-electron chi connectivity index (χ2n) is 7.40. The van der Waals surface area contributed by atoms with Crippen LogP contribution in [0, 0.1) is 5.92 Å². The maximum atomic E-state index is 12.1. The predicted octanol–water partition coefficient (Wildman–Crippen LogP) is 3.84. The van der Waals surface area contributed by atoms with Gasteiger partial charge in [0.05, 0.1) is 12.8 Å². The summed E-state index contributed by atoms with van der Waals surface area (Å²) in [5.74, 6) is 2.20. The van der Waals surface area contributed by atoms with Crippen molar-refractivity contribution in [2.75, 3.05) is 26.2 Å². The third-order valence-electron chi connectivity index (χ3n) is 5.35. The van der Waals surface area contributed by atoms with Crippen molar-refractivity contribution in [3.63, 3.8) is 0 Å². The first-order chi connectivity index (χ1) is 13.8. The largest absolute Gasteiger partial charge is 0.484 e. The fourth-order valence-electron chi connectivity index (χ4n) is 3.69. The molecular weight excluding hydrogens is 352 g/mol. The Labute approximate surface area is 165 Å². The standard InChI is InChI=1S/C23H26N2O3/c26-23(17-28-21-8-7-19-4-1-2-5-20(19)14-21)24-15-18-9-11-25(12-10-18)16-22-6-3-13-27-22/h1-8,13-14,18H,9-12,15-17H2,(H,24,26). The van der Waals surface area contributed by atoms with Crippen molar-refractivity contribution >= 4 is 16.7 Å². The number of rotatable bonds is 7. The Kier molecular flexibility index (Phi) is 5.92. The number of ether oxygens (including phenoxy) is 1. The maximum absolute atomic E-state index is 12.1. The van der Waals surface area contributed by atoms with E-state index in [-0.39, 0.29) is 12.5 Å². The van der Waals surface area contributed by atoms with E-state index in [1.54, 1.807) is 6.26 Å². The number of furan rings is 1. The third-order valence-corrected chi connectivity index (χ3v) is 5.35. The second-order valence-corrected chi connectivity index (χ2v) is 7.40. The molecule has 5 nitrogen and oxygen atoms in total. The number of carbonyl (C=O) groups is 1. The number of nitrogens with one attached hydrogen (secondary N) is 1. The molecule has 1 aromatic heterocycles. The van der Waals surface area contributed by atoms with Gasteiger partial charge >= 0.3 is 0 Å². The fraction of sp³-hybridized carbons (Fsp3) is 0.348. The van der Waals surface area contributed by atoms with Gasteiger partial charge < -0.3 is 14.5 Å². The molecule has 0 atom stereocenters. The van der Waals surface area contributed by atoms with E-state index in [1.807, 2.05) is 48.5 Å². The molecule has 1 amide bonds. The predicted molar refractivity (Wildman–Crippen MR) is 109 cm³/mol. The first-order valence-electron chi connectivity index (χ1n) is 9.89. The zero-order valence-corrected chi connectivity index (χ0v) is 16.0. The molecule has 0 radical (unpaired) electrons. The van der Waals surface area contributed by atoms with Crippen molar-refractivity contribution < 1.29 is 13.9 Å². The molecule has 0 bridgehead atoms. The Morgan fingerprint density at radius 1 is 1.07 bits per heavy atom. The van der Waals surface area contributed by atoms with Crippen LogP contribution in [0.3, 0.4) is 0 Å². The van der Waals surface area contributed by atoms with E-state index in [0.717, 1.165) is 54.8 Å². The van der Waals surface area contributed by atoms with Crippen molar-refractivity contribution in [3.05, 3.63) is 66.6 Å². The van der Waals surface area contributed by atoms with E-state index >= 15 is 0 Å². The number of hydrogen-bond acceptors (Lipinski definition) is 4. The lowest BCUT2D eigenvalue weighted by molar-refractivity contribution is -0.123. The summed E-state index contributed by atoms with van der Waals surface area (Å²) in [6.45, 7) is 3.71. The third kappa shape index (κ3) is 4.93. The summed E-state index contributed by atoms with van der Waals surface area (Å²) in [5, 5.41) is 5.30. The van der Waals surface area contributed by atoms with Crippen LogP contribution in [0.5, 0.6) is 5.75 Å². The highest BCUT2D eigenvalue weighted by molar-refractivity contribution is 5.84. The molecule has 146 valence electrons. The lowest BCUT2D eigenvalue weighted by Crippen LogP contribution is -2.39. The van der Waals surface area contributed by atoms with E-state index in [2.05, 4.69) is 16.3 Å². The first kappa shape index (κ1) is 18.6. The number of likely N-dealkylation sites (tertiary alicyclic amines) is 1. The summed E-state index contributed by atoms with van der Waals surface area (Å²) in [6, 6.07) is 17.9. The molecule has 5 heteroatoms. The highest BCUT2D eigenvalue weighted by atomic mass is 16.5. The average Bonchev–Trinajstić information content (AvgIpc) is 3.24. The number of nitrogens with zero attached hydrogens (tertiary/aromatic N) is 1. The van der Waals surface area contributed by atoms with Crippen LogP contribution in [0.1, 0.15) is 18.6 Å². The minimum atomic E-state index is -0.0637. The smallest absolute Gasteiger partial charge is 0.257 e. The molecule has 1 aliphatic rings. The molecule has 0 saturated carbocycles. The monoisotopic (exact) mass is 378 g/mol. The molecule has 28 heavy (non-hydrogen) atoms. The number of piperidine rings is 1. The van der Waals surface area contributed by atoms with Crippen LogP contribution in [0.4, 0.5) is 0 Å². The van der Waals surface area contributed by atoms with Crippen LogP contribution < -0.4 is 10.1 Å². The Morgan fingerprint density at radius 3 is 2.68 bits per heavy atom. The number of hydrogen-bond donors (Lipinski definition) is 1. The molecule has 1 aliphatic heterocycles. The summed E-state index contributed by atoms with van der Waals surface area (Å²) in [5.41, 5.74) is 0. The summed E-state index contributed by atoms with van der Waals surface area (Å²) in [4.78, 5) is 14.5. The number of carbonyl (C=O) groups excluding carboxylic acids is 1. The summed E-state index contributed by atoms with van der Waals surface area (Å²) >= 11 is 0. The van der Waals surface area contributed by atoms with E-state index < -0.39 is 0 Å². The molecule has 1 N–H and O–H groups in total. The molecule has 0 aliphatic carbocycles. The van der Waals surface area contributed by atoms with Crippen molar-refractivity contribution in [2.45, 2.75) is 19.4 Å². The minimum Gasteiger partial charge on any atom is -0.484 e. The van der Waals surface area contributed by atoms with Gasteiger partial charge in [-0.25, -0.2) is 0 Å². The lowest BCUT2D eigenvalue weighted by atomic mass is 9.96. The van der Waals surface area contributed by atoms with Crippen LogP contribution in [0.15, 0.2) is 65.3 Å². The van der Waals surface area contributed by atoms with Gasteiger partial charge in [0, 0.05) is 6.54 Å².